The van der Waals surface area contributed by atoms with Crippen LogP contribution in [0.25, 0.3) is 0 Å². The first-order valence-electron chi connectivity index (χ1n) is 9.87. The SMILES string of the molecule is C=CC(=O)OCCNC(N)=O.CO[Si](CCCCCC[Si](OC)(OC)OC)(OC)OC. The molecule has 0 aromatic carbocycles. The van der Waals surface area contributed by atoms with Gasteiger partial charge >= 0.3 is 29.6 Å². The zero-order valence-corrected chi connectivity index (χ0v) is 21.7. The molecule has 2 amide bonds. The van der Waals surface area contributed by atoms with Crippen molar-refractivity contribution in [3.8, 4) is 0 Å². The first-order chi connectivity index (χ1) is 14.7. The molecule has 0 heterocycles. The molecule has 3 N–H and O–H groups in total. The Morgan fingerprint density at radius 1 is 0.806 bits per heavy atom. The smallest absolute Gasteiger partial charge is 0.461 e. The Labute approximate surface area is 188 Å². The van der Waals surface area contributed by atoms with Crippen molar-refractivity contribution in [1.82, 2.24) is 5.32 Å². The lowest BCUT2D eigenvalue weighted by molar-refractivity contribution is -0.137. The van der Waals surface area contributed by atoms with E-state index < -0.39 is 29.6 Å². The summed E-state index contributed by atoms with van der Waals surface area (Å²) in [4.78, 5) is 20.4. The molecule has 0 aliphatic rings. The van der Waals surface area contributed by atoms with E-state index in [9.17, 15) is 9.59 Å². The summed E-state index contributed by atoms with van der Waals surface area (Å²) in [6, 6.07) is 1.05. The summed E-state index contributed by atoms with van der Waals surface area (Å²) in [5.74, 6) is -0.517. The Balaban J connectivity index is 0. The molecule has 0 spiro atoms. The van der Waals surface area contributed by atoms with Crippen LogP contribution in [0, 0.1) is 0 Å². The van der Waals surface area contributed by atoms with Crippen molar-refractivity contribution in [2.75, 3.05) is 55.8 Å². The van der Waals surface area contributed by atoms with Gasteiger partial charge in [-0.1, -0.05) is 19.4 Å². The third kappa shape index (κ3) is 15.2. The van der Waals surface area contributed by atoms with Crippen LogP contribution in [0.2, 0.25) is 12.1 Å². The van der Waals surface area contributed by atoms with Gasteiger partial charge in [0.05, 0.1) is 6.54 Å². The number of nitrogens with one attached hydrogen (secondary N) is 1. The summed E-state index contributed by atoms with van der Waals surface area (Å²) in [6.07, 6.45) is 5.32. The molecule has 184 valence electrons. The molecule has 31 heavy (non-hydrogen) atoms. The van der Waals surface area contributed by atoms with Gasteiger partial charge in [-0.15, -0.1) is 0 Å². The Morgan fingerprint density at radius 3 is 1.48 bits per heavy atom. The van der Waals surface area contributed by atoms with E-state index in [1.165, 1.54) is 0 Å². The molecule has 0 aromatic heterocycles. The van der Waals surface area contributed by atoms with Gasteiger partial charge in [0.25, 0.3) is 0 Å². The van der Waals surface area contributed by atoms with Crippen LogP contribution in [0.3, 0.4) is 0 Å². The summed E-state index contributed by atoms with van der Waals surface area (Å²) in [7, 11) is 5.09. The summed E-state index contributed by atoms with van der Waals surface area (Å²) in [6.45, 7) is 3.51. The second kappa shape index (κ2) is 19.4. The summed E-state index contributed by atoms with van der Waals surface area (Å²) in [5.41, 5.74) is 4.73. The second-order valence-electron chi connectivity index (χ2n) is 6.17. The fourth-order valence-electron chi connectivity index (χ4n) is 2.53. The molecule has 11 nitrogen and oxygen atoms in total. The summed E-state index contributed by atoms with van der Waals surface area (Å²) >= 11 is 0. The fourth-order valence-corrected chi connectivity index (χ4v) is 6.12. The average molecular weight is 485 g/mol. The first-order valence-corrected chi connectivity index (χ1v) is 13.7. The van der Waals surface area contributed by atoms with Gasteiger partial charge in [0.2, 0.25) is 0 Å². The number of hydrogen-bond acceptors (Lipinski definition) is 9. The van der Waals surface area contributed by atoms with Gasteiger partial charge in [-0.25, -0.2) is 9.59 Å². The molecule has 0 bridgehead atoms. The average Bonchev–Trinajstić information content (AvgIpc) is 2.80. The number of carbonyl (C=O) groups is 2. The third-order valence-electron chi connectivity index (χ3n) is 4.39. The van der Waals surface area contributed by atoms with Crippen molar-refractivity contribution >= 4 is 29.6 Å². The molecule has 13 heteroatoms. The van der Waals surface area contributed by atoms with Crippen molar-refractivity contribution in [2.45, 2.75) is 37.8 Å². The standard InChI is InChI=1S/C12H30O6Si2.C6H10N2O3/c1-13-19(14-2,15-3)11-9-7-8-10-12-20(16-4,17-5)18-6;1-2-5(9)11-4-3-8-6(7)10/h7-12H2,1-6H3;2H,1,3-4H2,(H3,7,8,10). The van der Waals surface area contributed by atoms with E-state index in [0.29, 0.717) is 0 Å². The molecule has 0 aliphatic carbocycles. The Hall–Kier alpha value is -1.33. The molecule has 0 rings (SSSR count). The molecule has 0 atom stereocenters. The number of carbonyl (C=O) groups excluding carboxylic acids is 2. The van der Waals surface area contributed by atoms with E-state index in [1.54, 1.807) is 42.7 Å². The van der Waals surface area contributed by atoms with E-state index in [2.05, 4.69) is 16.6 Å². The molecule has 0 saturated carbocycles. The molecule has 0 unspecified atom stereocenters. The van der Waals surface area contributed by atoms with Crippen LogP contribution >= 0.6 is 0 Å². The number of rotatable bonds is 17. The van der Waals surface area contributed by atoms with Crippen molar-refractivity contribution < 1.29 is 40.9 Å². The van der Waals surface area contributed by atoms with Crippen LogP contribution in [0.1, 0.15) is 25.7 Å². The third-order valence-corrected chi connectivity index (χ3v) is 10.1. The van der Waals surface area contributed by atoms with Gasteiger partial charge < -0.3 is 42.3 Å². The number of unbranched alkanes of at least 4 members (excludes halogenated alkanes) is 3. The van der Waals surface area contributed by atoms with Crippen LogP contribution in [0.4, 0.5) is 4.79 Å². The first kappa shape index (κ1) is 31.9. The molecule has 0 saturated heterocycles. The monoisotopic (exact) mass is 484 g/mol. The lowest BCUT2D eigenvalue weighted by Crippen LogP contribution is -2.42. The quantitative estimate of drug-likeness (QED) is 0.137. The number of amides is 2. The zero-order chi connectivity index (χ0) is 24.2. The van der Waals surface area contributed by atoms with E-state index in [-0.39, 0.29) is 13.2 Å². The number of urea groups is 1. The van der Waals surface area contributed by atoms with Crippen LogP contribution in [-0.4, -0.2) is 85.4 Å². The van der Waals surface area contributed by atoms with Crippen molar-refractivity contribution in [1.29, 1.82) is 0 Å². The predicted molar refractivity (Wildman–Crippen MR) is 120 cm³/mol. The van der Waals surface area contributed by atoms with Crippen LogP contribution in [-0.2, 0) is 36.1 Å². The molecule has 0 radical (unpaired) electrons. The second-order valence-corrected chi connectivity index (χ2v) is 12.3. The number of esters is 1. The highest BCUT2D eigenvalue weighted by molar-refractivity contribution is 6.60. The van der Waals surface area contributed by atoms with Gasteiger partial charge in [-0.05, 0) is 12.8 Å². The van der Waals surface area contributed by atoms with Crippen molar-refractivity contribution in [3.63, 3.8) is 0 Å². The molecular weight excluding hydrogens is 444 g/mol. The Morgan fingerprint density at radius 2 is 1.19 bits per heavy atom. The van der Waals surface area contributed by atoms with Gasteiger partial charge in [0.1, 0.15) is 6.61 Å². The van der Waals surface area contributed by atoms with Crippen LogP contribution in [0.15, 0.2) is 12.7 Å². The maximum absolute atomic E-state index is 10.4. The minimum atomic E-state index is -2.40. The highest BCUT2D eigenvalue weighted by Gasteiger charge is 2.38. The highest BCUT2D eigenvalue weighted by Crippen LogP contribution is 2.20. The van der Waals surface area contributed by atoms with E-state index in [0.717, 1.165) is 43.8 Å². The zero-order valence-electron chi connectivity index (χ0n) is 19.7. The number of primary amides is 1. The fraction of sp³-hybridized carbons (Fsp3) is 0.778. The predicted octanol–water partition coefficient (Wildman–Crippen LogP) is 1.69. The minimum Gasteiger partial charge on any atom is -0.461 e. The molecule has 0 fully saturated rings. The lowest BCUT2D eigenvalue weighted by Gasteiger charge is -2.25. The van der Waals surface area contributed by atoms with E-state index in [4.69, 9.17) is 32.3 Å². The van der Waals surface area contributed by atoms with Crippen molar-refractivity contribution in [2.24, 2.45) is 5.73 Å². The minimum absolute atomic E-state index is 0.105. The van der Waals surface area contributed by atoms with Crippen LogP contribution in [0.5, 0.6) is 0 Å². The van der Waals surface area contributed by atoms with Gasteiger partial charge in [-0.2, -0.15) is 0 Å². The molecule has 0 aromatic rings. The van der Waals surface area contributed by atoms with Crippen molar-refractivity contribution in [3.05, 3.63) is 12.7 Å². The Bertz CT molecular complexity index is 450. The Kier molecular flexibility index (Phi) is 19.9. The number of ether oxygens (including phenoxy) is 1. The normalized spacial score (nSPS) is 11.3. The maximum Gasteiger partial charge on any atom is 0.500 e. The molecule has 0 aliphatic heterocycles. The topological polar surface area (TPSA) is 137 Å². The van der Waals surface area contributed by atoms with Gasteiger partial charge in [0, 0.05) is 60.8 Å². The largest absolute Gasteiger partial charge is 0.500 e. The summed E-state index contributed by atoms with van der Waals surface area (Å²) in [5, 5.41) is 2.25. The van der Waals surface area contributed by atoms with Crippen LogP contribution < -0.4 is 11.1 Å². The maximum atomic E-state index is 10.4. The van der Waals surface area contributed by atoms with Gasteiger partial charge in [0.15, 0.2) is 0 Å². The molecular formula is C18H40N2O9Si2. The summed E-state index contributed by atoms with van der Waals surface area (Å²) < 4.78 is 36.9. The lowest BCUT2D eigenvalue weighted by atomic mass is 10.2. The van der Waals surface area contributed by atoms with E-state index >= 15 is 0 Å². The highest BCUT2D eigenvalue weighted by atomic mass is 28.4. The van der Waals surface area contributed by atoms with Gasteiger partial charge in [-0.3, -0.25) is 0 Å². The number of hydrogen-bond donors (Lipinski definition) is 2. The number of nitrogens with two attached hydrogens (primary N) is 1. The van der Waals surface area contributed by atoms with E-state index in [1.807, 2.05) is 0 Å².